The first-order chi connectivity index (χ1) is 8.24. The van der Waals surface area contributed by atoms with Crippen molar-refractivity contribution in [3.05, 3.63) is 18.1 Å². The molecule has 1 atom stereocenters. The van der Waals surface area contributed by atoms with Crippen molar-refractivity contribution >= 4 is 11.7 Å². The normalized spacial score (nSPS) is 20.3. The molecule has 0 aromatic carbocycles. The average Bonchev–Trinajstić information content (AvgIpc) is 2.38. The second-order valence-corrected chi connectivity index (χ2v) is 4.17. The highest BCUT2D eigenvalue weighted by Gasteiger charge is 2.26. The summed E-state index contributed by atoms with van der Waals surface area (Å²) in [5.41, 5.74) is 11.3. The lowest BCUT2D eigenvalue weighted by Crippen LogP contribution is -2.45. The molecular formula is C11H17N5O. The molecule has 6 nitrogen and oxygen atoms in total. The summed E-state index contributed by atoms with van der Waals surface area (Å²) in [5.74, 6) is 0.0181. The monoisotopic (exact) mass is 235 g/mol. The molecule has 0 bridgehead atoms. The molecule has 2 rings (SSSR count). The highest BCUT2D eigenvalue weighted by Crippen LogP contribution is 2.24. The number of anilines is 1. The van der Waals surface area contributed by atoms with E-state index in [1.54, 1.807) is 6.20 Å². The van der Waals surface area contributed by atoms with Gasteiger partial charge < -0.3 is 16.4 Å². The summed E-state index contributed by atoms with van der Waals surface area (Å²) in [7, 11) is 0. The molecule has 1 saturated heterocycles. The number of carbonyl (C=O) groups excluding carboxylic acids is 1. The molecule has 1 aliphatic heterocycles. The molecule has 1 amide bonds. The molecule has 1 aromatic heterocycles. The minimum absolute atomic E-state index is 0.221. The Hall–Kier alpha value is -1.69. The lowest BCUT2D eigenvalue weighted by Gasteiger charge is -2.36. The number of nitrogens with zero attached hydrogens (tertiary/aromatic N) is 3. The van der Waals surface area contributed by atoms with E-state index in [2.05, 4.69) is 14.9 Å². The van der Waals surface area contributed by atoms with Gasteiger partial charge in [-0.15, -0.1) is 0 Å². The molecule has 92 valence electrons. The van der Waals surface area contributed by atoms with Crippen LogP contribution in [0.5, 0.6) is 0 Å². The Balaban J connectivity index is 2.34. The smallest absolute Gasteiger partial charge is 0.271 e. The minimum atomic E-state index is -0.547. The number of aromatic nitrogens is 2. The molecular weight excluding hydrogens is 218 g/mol. The van der Waals surface area contributed by atoms with Crippen molar-refractivity contribution in [2.24, 2.45) is 11.5 Å². The number of primary amides is 1. The van der Waals surface area contributed by atoms with Gasteiger partial charge in [0, 0.05) is 31.5 Å². The first-order valence-corrected chi connectivity index (χ1v) is 5.81. The molecule has 1 fully saturated rings. The Kier molecular flexibility index (Phi) is 3.53. The second-order valence-electron chi connectivity index (χ2n) is 4.17. The van der Waals surface area contributed by atoms with Gasteiger partial charge in [-0.05, 0) is 19.3 Å². The highest BCUT2D eigenvalue weighted by atomic mass is 16.1. The number of hydrogen-bond donors (Lipinski definition) is 2. The average molecular weight is 235 g/mol. The van der Waals surface area contributed by atoms with Crippen LogP contribution in [0.25, 0.3) is 0 Å². The molecule has 6 heteroatoms. The van der Waals surface area contributed by atoms with E-state index >= 15 is 0 Å². The van der Waals surface area contributed by atoms with Gasteiger partial charge in [-0.2, -0.15) is 0 Å². The lowest BCUT2D eigenvalue weighted by atomic mass is 10.0. The van der Waals surface area contributed by atoms with Gasteiger partial charge in [0.2, 0.25) is 0 Å². The third-order valence-corrected chi connectivity index (χ3v) is 3.08. The predicted octanol–water partition coefficient (Wildman–Crippen LogP) is -0.107. The van der Waals surface area contributed by atoms with Crippen LogP contribution < -0.4 is 16.4 Å². The van der Waals surface area contributed by atoms with Gasteiger partial charge >= 0.3 is 0 Å². The zero-order chi connectivity index (χ0) is 12.3. The molecule has 0 radical (unpaired) electrons. The van der Waals surface area contributed by atoms with Crippen molar-refractivity contribution in [3.8, 4) is 0 Å². The first-order valence-electron chi connectivity index (χ1n) is 5.81. The molecule has 1 aromatic rings. The van der Waals surface area contributed by atoms with Gasteiger partial charge in [0.15, 0.2) is 11.5 Å². The van der Waals surface area contributed by atoms with Crippen LogP contribution in [0.15, 0.2) is 12.4 Å². The third kappa shape index (κ3) is 2.36. The largest absolute Gasteiger partial charge is 0.364 e. The Labute approximate surface area is 100 Å². The molecule has 2 heterocycles. The predicted molar refractivity (Wildman–Crippen MR) is 64.6 cm³/mol. The number of carbonyl (C=O) groups is 1. The summed E-state index contributed by atoms with van der Waals surface area (Å²) in [4.78, 5) is 21.6. The van der Waals surface area contributed by atoms with Gasteiger partial charge in [-0.25, -0.2) is 9.97 Å². The Morgan fingerprint density at radius 2 is 2.18 bits per heavy atom. The maximum Gasteiger partial charge on any atom is 0.271 e. The van der Waals surface area contributed by atoms with Crippen LogP contribution in [0.3, 0.4) is 0 Å². The van der Waals surface area contributed by atoms with Crippen LogP contribution in [0.4, 0.5) is 5.82 Å². The van der Waals surface area contributed by atoms with Gasteiger partial charge in [0.05, 0.1) is 0 Å². The van der Waals surface area contributed by atoms with Crippen LogP contribution in [0, 0.1) is 0 Å². The molecule has 1 unspecified atom stereocenters. The minimum Gasteiger partial charge on any atom is -0.364 e. The fraction of sp³-hybridized carbons (Fsp3) is 0.545. The molecule has 0 saturated carbocycles. The molecule has 0 aliphatic carbocycles. The molecule has 4 N–H and O–H groups in total. The van der Waals surface area contributed by atoms with Gasteiger partial charge in [-0.3, -0.25) is 4.79 Å². The van der Waals surface area contributed by atoms with Crippen molar-refractivity contribution in [3.63, 3.8) is 0 Å². The topological polar surface area (TPSA) is 98.1 Å². The van der Waals surface area contributed by atoms with Crippen molar-refractivity contribution in [1.29, 1.82) is 0 Å². The summed E-state index contributed by atoms with van der Waals surface area (Å²) in [5, 5.41) is 0. The van der Waals surface area contributed by atoms with Crippen LogP contribution in [-0.2, 0) is 0 Å². The molecule has 1 aliphatic rings. The maximum atomic E-state index is 11.3. The molecule has 0 spiro atoms. The van der Waals surface area contributed by atoms with E-state index < -0.39 is 5.91 Å². The van der Waals surface area contributed by atoms with Gasteiger partial charge in [0.25, 0.3) is 5.91 Å². The first kappa shape index (κ1) is 11.8. The van der Waals surface area contributed by atoms with Gasteiger partial charge in [-0.1, -0.05) is 0 Å². The van der Waals surface area contributed by atoms with E-state index in [-0.39, 0.29) is 11.7 Å². The van der Waals surface area contributed by atoms with Crippen molar-refractivity contribution in [2.75, 3.05) is 18.0 Å². The zero-order valence-electron chi connectivity index (χ0n) is 9.67. The zero-order valence-corrected chi connectivity index (χ0v) is 9.67. The van der Waals surface area contributed by atoms with E-state index in [0.717, 1.165) is 25.8 Å². The maximum absolute atomic E-state index is 11.3. The molecule has 17 heavy (non-hydrogen) atoms. The summed E-state index contributed by atoms with van der Waals surface area (Å²) < 4.78 is 0. The van der Waals surface area contributed by atoms with Crippen LogP contribution in [0.1, 0.15) is 29.8 Å². The highest BCUT2D eigenvalue weighted by molar-refractivity contribution is 5.95. The Bertz CT molecular complexity index is 409. The fourth-order valence-corrected chi connectivity index (χ4v) is 2.24. The second kappa shape index (κ2) is 5.09. The van der Waals surface area contributed by atoms with Crippen molar-refractivity contribution < 1.29 is 4.79 Å². The van der Waals surface area contributed by atoms with E-state index in [0.29, 0.717) is 12.4 Å². The fourth-order valence-electron chi connectivity index (χ4n) is 2.24. The van der Waals surface area contributed by atoms with E-state index in [9.17, 15) is 4.79 Å². The number of nitrogens with two attached hydrogens (primary N) is 2. The van der Waals surface area contributed by atoms with Crippen LogP contribution >= 0.6 is 0 Å². The quantitative estimate of drug-likeness (QED) is 0.762. The summed E-state index contributed by atoms with van der Waals surface area (Å²) in [6.07, 6.45) is 6.30. The van der Waals surface area contributed by atoms with Crippen LogP contribution in [-0.4, -0.2) is 35.0 Å². The number of piperidine rings is 1. The van der Waals surface area contributed by atoms with Crippen molar-refractivity contribution in [1.82, 2.24) is 9.97 Å². The SMILES string of the molecule is NCC1CCCCN1c1nccnc1C(N)=O. The van der Waals surface area contributed by atoms with E-state index in [1.807, 2.05) is 0 Å². The van der Waals surface area contributed by atoms with Gasteiger partial charge in [0.1, 0.15) is 0 Å². The van der Waals surface area contributed by atoms with E-state index in [1.165, 1.54) is 6.20 Å². The number of amides is 1. The summed E-state index contributed by atoms with van der Waals surface area (Å²) in [6, 6.07) is 0.221. The lowest BCUT2D eigenvalue weighted by molar-refractivity contribution is 0.0995. The number of hydrogen-bond acceptors (Lipinski definition) is 5. The Morgan fingerprint density at radius 1 is 1.41 bits per heavy atom. The van der Waals surface area contributed by atoms with Crippen LogP contribution in [0.2, 0.25) is 0 Å². The third-order valence-electron chi connectivity index (χ3n) is 3.08. The Morgan fingerprint density at radius 3 is 2.88 bits per heavy atom. The summed E-state index contributed by atoms with van der Waals surface area (Å²) >= 11 is 0. The standard InChI is InChI=1S/C11H17N5O/c12-7-8-3-1-2-6-16(8)11-9(10(13)17)14-4-5-15-11/h4-5,8H,1-3,6-7,12H2,(H2,13,17). The van der Waals surface area contributed by atoms with E-state index in [4.69, 9.17) is 11.5 Å². The number of rotatable bonds is 3. The summed E-state index contributed by atoms with van der Waals surface area (Å²) in [6.45, 7) is 1.40. The van der Waals surface area contributed by atoms with Crippen molar-refractivity contribution in [2.45, 2.75) is 25.3 Å².